The van der Waals surface area contributed by atoms with E-state index in [1.165, 1.54) is 11.1 Å². The van der Waals surface area contributed by atoms with Crippen molar-refractivity contribution in [2.75, 3.05) is 12.0 Å². The highest BCUT2D eigenvalue weighted by molar-refractivity contribution is 7.98. The quantitative estimate of drug-likeness (QED) is 0.335. The van der Waals surface area contributed by atoms with Crippen molar-refractivity contribution in [3.05, 3.63) is 95.1 Å². The van der Waals surface area contributed by atoms with Crippen LogP contribution in [0, 0.1) is 6.92 Å². The number of aryl methyl sites for hydroxylation is 3. The van der Waals surface area contributed by atoms with Crippen molar-refractivity contribution >= 4 is 35.5 Å². The monoisotopic (exact) mass is 495 g/mol. The molecule has 4 nitrogen and oxygen atoms in total. The van der Waals surface area contributed by atoms with Gasteiger partial charge in [0, 0.05) is 5.56 Å². The van der Waals surface area contributed by atoms with Crippen LogP contribution >= 0.6 is 23.6 Å². The summed E-state index contributed by atoms with van der Waals surface area (Å²) in [6.07, 6.45) is 5.31. The first-order chi connectivity index (χ1) is 16.5. The predicted octanol–water partition coefficient (Wildman–Crippen LogP) is 6.39. The van der Waals surface area contributed by atoms with E-state index in [1.54, 1.807) is 11.8 Å². The minimum atomic E-state index is -0.798. The molecule has 34 heavy (non-hydrogen) atoms. The second kappa shape index (κ2) is 13.2. The summed E-state index contributed by atoms with van der Waals surface area (Å²) in [5, 5.41) is 2.82. The Hall–Kier alpha value is -2.76. The molecule has 0 aliphatic rings. The molecule has 3 aromatic carbocycles. The number of carbonyl (C=O) groups is 2. The summed E-state index contributed by atoms with van der Waals surface area (Å²) in [7, 11) is 0. The van der Waals surface area contributed by atoms with Crippen LogP contribution in [0.15, 0.2) is 72.8 Å². The molecule has 1 atom stereocenters. The summed E-state index contributed by atoms with van der Waals surface area (Å²) in [6, 6.07) is 23.6. The number of rotatable bonds is 11. The lowest BCUT2D eigenvalue weighted by Gasteiger charge is -2.18. The summed E-state index contributed by atoms with van der Waals surface area (Å²) in [4.78, 5) is 25.4. The number of carbonyl (C=O) groups excluding carboxylic acids is 2. The van der Waals surface area contributed by atoms with Crippen LogP contribution in [0.4, 0.5) is 0 Å². The molecule has 0 aromatic heterocycles. The van der Waals surface area contributed by atoms with E-state index in [0.29, 0.717) is 17.7 Å². The Morgan fingerprint density at radius 1 is 0.941 bits per heavy atom. The molecule has 0 bridgehead atoms. The van der Waals surface area contributed by atoms with Gasteiger partial charge < -0.3 is 9.61 Å². The number of halogens is 1. The standard InChI is InChI=1S/C28H30ClNO3S/c1-20-9-6-7-14-23(20)25-19-22(13-8-12-21-10-4-3-5-11-21)15-16-24(25)27(31)30-26(17-18-34-2)28(32)33-29/h3-7,9-11,14-16,19,26H,8,12-13,17-18H2,1-2H3,(H,30,31). The van der Waals surface area contributed by atoms with Gasteiger partial charge in [0.1, 0.15) is 17.9 Å². The van der Waals surface area contributed by atoms with Gasteiger partial charge >= 0.3 is 5.97 Å². The van der Waals surface area contributed by atoms with Crippen LogP contribution in [0.2, 0.25) is 0 Å². The molecule has 178 valence electrons. The molecule has 1 N–H and O–H groups in total. The lowest BCUT2D eigenvalue weighted by atomic mass is 9.92. The molecule has 0 fully saturated rings. The third-order valence-corrected chi connectivity index (χ3v) is 6.61. The Morgan fingerprint density at radius 2 is 1.65 bits per heavy atom. The van der Waals surface area contributed by atoms with Crippen LogP contribution in [-0.2, 0) is 21.9 Å². The van der Waals surface area contributed by atoms with Crippen LogP contribution < -0.4 is 5.32 Å². The lowest BCUT2D eigenvalue weighted by molar-refractivity contribution is -0.136. The highest BCUT2D eigenvalue weighted by Gasteiger charge is 2.24. The molecule has 0 heterocycles. The minimum absolute atomic E-state index is 0.317. The fourth-order valence-corrected chi connectivity index (χ4v) is 4.54. The largest absolute Gasteiger partial charge is 0.346 e. The van der Waals surface area contributed by atoms with E-state index in [0.717, 1.165) is 36.0 Å². The molecule has 0 saturated heterocycles. The van der Waals surface area contributed by atoms with Gasteiger partial charge in [0.05, 0.1) is 0 Å². The Labute approximate surface area is 211 Å². The van der Waals surface area contributed by atoms with Gasteiger partial charge in [0.25, 0.3) is 5.91 Å². The summed E-state index contributed by atoms with van der Waals surface area (Å²) in [6.45, 7) is 2.03. The van der Waals surface area contributed by atoms with E-state index in [9.17, 15) is 9.59 Å². The molecule has 0 radical (unpaired) electrons. The molecule has 3 aromatic rings. The number of benzene rings is 3. The summed E-state index contributed by atoms with van der Waals surface area (Å²) in [5.74, 6) is -0.275. The van der Waals surface area contributed by atoms with Crippen LogP contribution in [0.5, 0.6) is 0 Å². The molecular formula is C28H30ClNO3S. The van der Waals surface area contributed by atoms with Crippen molar-refractivity contribution in [2.24, 2.45) is 0 Å². The maximum Gasteiger partial charge on any atom is 0.346 e. The number of amides is 1. The zero-order valence-electron chi connectivity index (χ0n) is 19.6. The highest BCUT2D eigenvalue weighted by atomic mass is 35.5. The molecule has 1 amide bonds. The van der Waals surface area contributed by atoms with E-state index in [2.05, 4.69) is 39.9 Å². The lowest BCUT2D eigenvalue weighted by Crippen LogP contribution is -2.41. The minimum Gasteiger partial charge on any atom is -0.345 e. The van der Waals surface area contributed by atoms with E-state index < -0.39 is 12.0 Å². The van der Waals surface area contributed by atoms with Gasteiger partial charge in [-0.15, -0.1) is 0 Å². The maximum absolute atomic E-state index is 13.3. The highest BCUT2D eigenvalue weighted by Crippen LogP contribution is 2.29. The first-order valence-corrected chi connectivity index (χ1v) is 13.1. The molecule has 0 spiro atoms. The van der Waals surface area contributed by atoms with Gasteiger partial charge in [-0.05, 0) is 78.5 Å². The van der Waals surface area contributed by atoms with Crippen molar-refractivity contribution in [2.45, 2.75) is 38.6 Å². The van der Waals surface area contributed by atoms with Gasteiger partial charge in [-0.3, -0.25) is 4.79 Å². The van der Waals surface area contributed by atoms with Gasteiger partial charge in [0.15, 0.2) is 0 Å². The topological polar surface area (TPSA) is 55.4 Å². The number of nitrogens with one attached hydrogen (secondary N) is 1. The Bertz CT molecular complexity index is 1100. The van der Waals surface area contributed by atoms with Gasteiger partial charge in [-0.1, -0.05) is 66.7 Å². The van der Waals surface area contributed by atoms with Crippen molar-refractivity contribution in [1.82, 2.24) is 5.32 Å². The first-order valence-electron chi connectivity index (χ1n) is 11.4. The fourth-order valence-electron chi connectivity index (χ4n) is 3.96. The normalized spacial score (nSPS) is 11.6. The van der Waals surface area contributed by atoms with E-state index in [-0.39, 0.29) is 5.91 Å². The third kappa shape index (κ3) is 7.12. The Balaban J connectivity index is 1.86. The number of hydrogen-bond acceptors (Lipinski definition) is 4. The van der Waals surface area contributed by atoms with Crippen molar-refractivity contribution < 1.29 is 13.9 Å². The van der Waals surface area contributed by atoms with E-state index in [4.69, 9.17) is 11.9 Å². The predicted molar refractivity (Wildman–Crippen MR) is 141 cm³/mol. The first kappa shape index (κ1) is 25.9. The second-order valence-electron chi connectivity index (χ2n) is 8.24. The van der Waals surface area contributed by atoms with Crippen LogP contribution in [-0.4, -0.2) is 29.9 Å². The summed E-state index contributed by atoms with van der Waals surface area (Å²) < 4.78 is 4.39. The van der Waals surface area contributed by atoms with Crippen molar-refractivity contribution in [3.63, 3.8) is 0 Å². The third-order valence-electron chi connectivity index (χ3n) is 5.81. The van der Waals surface area contributed by atoms with Gasteiger partial charge in [-0.2, -0.15) is 11.8 Å². The van der Waals surface area contributed by atoms with Crippen LogP contribution in [0.3, 0.4) is 0 Å². The van der Waals surface area contributed by atoms with Gasteiger partial charge in [0.2, 0.25) is 0 Å². The molecule has 3 rings (SSSR count). The van der Waals surface area contributed by atoms with Crippen LogP contribution in [0.25, 0.3) is 11.1 Å². The van der Waals surface area contributed by atoms with Gasteiger partial charge in [-0.25, -0.2) is 4.79 Å². The molecule has 1 unspecified atom stereocenters. The van der Waals surface area contributed by atoms with Crippen molar-refractivity contribution in [3.8, 4) is 11.1 Å². The maximum atomic E-state index is 13.3. The van der Waals surface area contributed by atoms with E-state index >= 15 is 0 Å². The average molecular weight is 496 g/mol. The second-order valence-corrected chi connectivity index (χ2v) is 9.38. The molecule has 6 heteroatoms. The SMILES string of the molecule is CSCCC(NC(=O)c1ccc(CCCc2ccccc2)cc1-c1ccccc1C)C(=O)OCl. The smallest absolute Gasteiger partial charge is 0.345 e. The fraction of sp³-hybridized carbons (Fsp3) is 0.286. The molecule has 0 saturated carbocycles. The average Bonchev–Trinajstić information content (AvgIpc) is 2.86. The van der Waals surface area contributed by atoms with Crippen LogP contribution in [0.1, 0.15) is 39.9 Å². The zero-order valence-corrected chi connectivity index (χ0v) is 21.1. The summed E-state index contributed by atoms with van der Waals surface area (Å²) in [5.41, 5.74) is 5.95. The zero-order chi connectivity index (χ0) is 24.3. The Morgan fingerprint density at radius 3 is 2.35 bits per heavy atom. The molecule has 0 aliphatic heterocycles. The molecular weight excluding hydrogens is 466 g/mol. The molecule has 0 aliphatic carbocycles. The number of hydrogen-bond donors (Lipinski definition) is 1. The van der Waals surface area contributed by atoms with E-state index in [1.807, 2.05) is 55.6 Å². The Kier molecular flexibility index (Phi) is 10.0. The number of thioether (sulfide) groups is 1. The van der Waals surface area contributed by atoms with Crippen molar-refractivity contribution in [1.29, 1.82) is 0 Å². The summed E-state index contributed by atoms with van der Waals surface area (Å²) >= 11 is 6.90.